The third kappa shape index (κ3) is 10.2. The Morgan fingerprint density at radius 3 is 2.49 bits per heavy atom. The summed E-state index contributed by atoms with van der Waals surface area (Å²) >= 11 is 3.19. The van der Waals surface area contributed by atoms with Crippen molar-refractivity contribution < 1.29 is 18.0 Å². The van der Waals surface area contributed by atoms with Crippen LogP contribution in [0.3, 0.4) is 0 Å². The lowest BCUT2D eigenvalue weighted by Crippen LogP contribution is -2.57. The number of carbonyl (C=O) groups is 2. The molecule has 2 heterocycles. The van der Waals surface area contributed by atoms with Crippen molar-refractivity contribution in [3.63, 3.8) is 0 Å². The van der Waals surface area contributed by atoms with E-state index in [0.717, 1.165) is 38.2 Å². The van der Waals surface area contributed by atoms with E-state index in [1.165, 1.54) is 53.7 Å². The molecule has 3 fully saturated rings. The fourth-order valence-electron chi connectivity index (χ4n) is 5.96. The number of likely N-dealkylation sites (tertiary alicyclic amines) is 1. The first-order valence-electron chi connectivity index (χ1n) is 15.2. The Hall–Kier alpha value is -1.27. The molecular formula is C30H48N4O4S3. The quantitative estimate of drug-likeness (QED) is 0.347. The SMILES string of the molecule is CC([3CH3])CS(=O)(=O)N1CSC[C@H]1C(=O)N[C@@H](CSCC1CCCCC1)C(=O)NC1CCN(Cc2ccccc2)CC1. The first kappa shape index (κ1) is 32.6. The van der Waals surface area contributed by atoms with Gasteiger partial charge in [0.15, 0.2) is 0 Å². The van der Waals surface area contributed by atoms with E-state index in [2.05, 4.69) is 39.8 Å². The Kier molecular flexibility index (Phi) is 12.7. The average molecular weight is 616 g/mol. The summed E-state index contributed by atoms with van der Waals surface area (Å²) in [6.45, 7) is 6.47. The van der Waals surface area contributed by atoms with Crippen molar-refractivity contribution in [3.05, 3.63) is 35.9 Å². The van der Waals surface area contributed by atoms with Gasteiger partial charge in [0, 0.05) is 37.2 Å². The molecule has 1 saturated carbocycles. The lowest BCUT2D eigenvalue weighted by molar-refractivity contribution is -0.130. The monoisotopic (exact) mass is 615 g/mol. The highest BCUT2D eigenvalue weighted by Crippen LogP contribution is 2.28. The van der Waals surface area contributed by atoms with Gasteiger partial charge >= 0.3 is 0 Å². The van der Waals surface area contributed by atoms with E-state index < -0.39 is 22.1 Å². The van der Waals surface area contributed by atoms with E-state index in [-0.39, 0.29) is 35.4 Å². The van der Waals surface area contributed by atoms with Gasteiger partial charge in [-0.05, 0) is 48.8 Å². The van der Waals surface area contributed by atoms with Crippen molar-refractivity contribution in [1.29, 1.82) is 0 Å². The summed E-state index contributed by atoms with van der Waals surface area (Å²) in [5.41, 5.74) is 1.29. The van der Waals surface area contributed by atoms with Gasteiger partial charge in [-0.3, -0.25) is 14.5 Å². The fraction of sp³-hybridized carbons (Fsp3) is 0.733. The van der Waals surface area contributed by atoms with Gasteiger partial charge in [-0.1, -0.05) is 63.4 Å². The van der Waals surface area contributed by atoms with E-state index in [0.29, 0.717) is 17.4 Å². The summed E-state index contributed by atoms with van der Waals surface area (Å²) in [5, 5.41) is 6.21. The molecule has 8 nitrogen and oxygen atoms in total. The van der Waals surface area contributed by atoms with Crippen LogP contribution in [0.4, 0.5) is 0 Å². The van der Waals surface area contributed by atoms with Crippen molar-refractivity contribution in [2.45, 2.75) is 83.5 Å². The molecule has 2 amide bonds. The van der Waals surface area contributed by atoms with Gasteiger partial charge in [-0.25, -0.2) is 8.42 Å². The zero-order valence-electron chi connectivity index (χ0n) is 24.6. The van der Waals surface area contributed by atoms with E-state index in [1.54, 1.807) is 11.8 Å². The third-order valence-corrected chi connectivity index (χ3v) is 12.9. The number of piperidine rings is 1. The van der Waals surface area contributed by atoms with Crippen LogP contribution in [-0.2, 0) is 26.2 Å². The van der Waals surface area contributed by atoms with Crippen LogP contribution in [0.5, 0.6) is 0 Å². The topological polar surface area (TPSA) is 98.8 Å². The van der Waals surface area contributed by atoms with Crippen molar-refractivity contribution in [2.75, 3.05) is 42.0 Å². The summed E-state index contributed by atoms with van der Waals surface area (Å²) in [5.74, 6) is 2.33. The molecule has 0 aromatic heterocycles. The van der Waals surface area contributed by atoms with Gasteiger partial charge in [0.2, 0.25) is 21.8 Å². The Morgan fingerprint density at radius 1 is 1.10 bits per heavy atom. The second kappa shape index (κ2) is 16.0. The zero-order valence-corrected chi connectivity index (χ0v) is 27.1. The lowest BCUT2D eigenvalue weighted by atomic mass is 2.89. The molecule has 2 N–H and O–H groups in total. The molecule has 1 aliphatic carbocycles. The van der Waals surface area contributed by atoms with Gasteiger partial charge in [0.05, 0.1) is 11.6 Å². The normalized spacial score (nSPS) is 23.2. The highest BCUT2D eigenvalue weighted by Gasteiger charge is 2.40. The molecule has 41 heavy (non-hydrogen) atoms. The Morgan fingerprint density at radius 2 is 1.80 bits per heavy atom. The fourth-order valence-corrected chi connectivity index (χ4v) is 10.8. The Bertz CT molecular complexity index is 1070. The summed E-state index contributed by atoms with van der Waals surface area (Å²) in [6, 6.07) is 9.05. The van der Waals surface area contributed by atoms with Crippen molar-refractivity contribution in [2.24, 2.45) is 11.8 Å². The van der Waals surface area contributed by atoms with Crippen molar-refractivity contribution >= 4 is 45.4 Å². The number of rotatable bonds is 13. The minimum Gasteiger partial charge on any atom is -0.351 e. The maximum absolute atomic E-state index is 13.6. The van der Waals surface area contributed by atoms with Crippen molar-refractivity contribution in [1.82, 2.24) is 19.8 Å². The molecule has 230 valence electrons. The summed E-state index contributed by atoms with van der Waals surface area (Å²) in [4.78, 5) is 29.4. The highest BCUT2D eigenvalue weighted by atomic mass is 32.2. The molecule has 0 bridgehead atoms. The van der Waals surface area contributed by atoms with Crippen LogP contribution in [0.1, 0.15) is 64.4 Å². The average Bonchev–Trinajstić information content (AvgIpc) is 3.46. The molecule has 11 heteroatoms. The van der Waals surface area contributed by atoms with Gasteiger partial charge in [-0.15, -0.1) is 11.8 Å². The van der Waals surface area contributed by atoms with Crippen LogP contribution < -0.4 is 10.6 Å². The first-order chi connectivity index (χ1) is 19.7. The molecule has 2 saturated heterocycles. The van der Waals surface area contributed by atoms with Crippen molar-refractivity contribution in [3.8, 4) is 0 Å². The Labute approximate surface area is 255 Å². The van der Waals surface area contributed by atoms with Crippen LogP contribution >= 0.6 is 23.5 Å². The summed E-state index contributed by atoms with van der Waals surface area (Å²) < 4.78 is 27.3. The van der Waals surface area contributed by atoms with E-state index >= 15 is 0 Å². The number of hydrogen-bond acceptors (Lipinski definition) is 7. The number of hydrogen-bond donors (Lipinski definition) is 2. The van der Waals surface area contributed by atoms with Crippen LogP contribution in [0, 0.1) is 11.8 Å². The zero-order chi connectivity index (χ0) is 29.2. The predicted molar refractivity (Wildman–Crippen MR) is 170 cm³/mol. The number of nitrogens with zero attached hydrogens (tertiary/aromatic N) is 2. The first-order valence-corrected chi connectivity index (χ1v) is 19.1. The number of nitrogens with one attached hydrogen (secondary N) is 2. The van der Waals surface area contributed by atoms with Crippen LogP contribution in [-0.4, -0.2) is 89.5 Å². The highest BCUT2D eigenvalue weighted by molar-refractivity contribution is 8.00. The molecule has 0 radical (unpaired) electrons. The summed E-state index contributed by atoms with van der Waals surface area (Å²) in [6.07, 6.45) is 8.06. The smallest absolute Gasteiger partial charge is 0.243 e. The largest absolute Gasteiger partial charge is 0.351 e. The van der Waals surface area contributed by atoms with Crippen LogP contribution in [0.2, 0.25) is 0 Å². The molecule has 1 aromatic rings. The minimum atomic E-state index is -3.55. The standard InChI is InChI=1S/C30H48N4O4S3/c1-23(2)21-41(37,38)34-22-40-20-28(34)30(36)32-27(19-39-18-25-11-7-4-8-12-25)29(35)31-26-13-15-33(16-14-26)17-24-9-5-3-6-10-24/h3,5-6,9-10,23,25-28H,4,7-8,11-22H2,1-2H3,(H,31,35)(H,32,36)/t27-,28-/m0/s1/i1-9/t23?,27-,28-. The van der Waals surface area contributed by atoms with E-state index in [1.807, 2.05) is 19.9 Å². The second-order valence-corrected chi connectivity index (χ2v) is 16.3. The molecule has 2 aliphatic heterocycles. The summed E-state index contributed by atoms with van der Waals surface area (Å²) in [7, 11) is -3.55. The minimum absolute atomic E-state index is 0.0153. The van der Waals surface area contributed by atoms with Crippen LogP contribution in [0.15, 0.2) is 30.3 Å². The molecular weight excluding hydrogens is 568 g/mol. The predicted octanol–water partition coefficient (Wildman–Crippen LogP) is 3.93. The molecule has 0 spiro atoms. The van der Waals surface area contributed by atoms with E-state index in [9.17, 15) is 18.0 Å². The van der Waals surface area contributed by atoms with Gasteiger partial charge in [-0.2, -0.15) is 16.1 Å². The maximum atomic E-state index is 13.6. The molecule has 1 aromatic carbocycles. The van der Waals surface area contributed by atoms with Gasteiger partial charge in [0.1, 0.15) is 12.1 Å². The number of carbonyl (C=O) groups excluding carboxylic acids is 2. The van der Waals surface area contributed by atoms with Gasteiger partial charge in [0.25, 0.3) is 0 Å². The van der Waals surface area contributed by atoms with Gasteiger partial charge < -0.3 is 10.6 Å². The molecule has 4 rings (SSSR count). The number of amides is 2. The molecule has 1 unspecified atom stereocenters. The second-order valence-electron chi connectivity index (χ2n) is 12.2. The third-order valence-electron chi connectivity index (χ3n) is 8.22. The van der Waals surface area contributed by atoms with Crippen LogP contribution in [0.25, 0.3) is 0 Å². The molecule has 3 atom stereocenters. The lowest BCUT2D eigenvalue weighted by Gasteiger charge is -2.33. The maximum Gasteiger partial charge on any atom is 0.243 e. The number of thioether (sulfide) groups is 2. The Balaban J connectivity index is 1.34. The number of benzene rings is 1. The molecule has 3 aliphatic rings. The number of sulfonamides is 1. The van der Waals surface area contributed by atoms with E-state index in [4.69, 9.17) is 0 Å².